The van der Waals surface area contributed by atoms with Gasteiger partial charge < -0.3 is 5.11 Å². The van der Waals surface area contributed by atoms with Crippen molar-refractivity contribution in [2.24, 2.45) is 11.8 Å². The maximum absolute atomic E-state index is 9.85. The largest absolute Gasteiger partial charge is 0.508 e. The molecule has 1 N–H and O–H groups in total. The zero-order chi connectivity index (χ0) is 17.2. The van der Waals surface area contributed by atoms with Crippen LogP contribution in [0.5, 0.6) is 5.75 Å². The van der Waals surface area contributed by atoms with Gasteiger partial charge in [-0.2, -0.15) is 0 Å². The van der Waals surface area contributed by atoms with Gasteiger partial charge in [-0.05, 0) is 73.2 Å². The summed E-state index contributed by atoms with van der Waals surface area (Å²) in [6.07, 6.45) is 4.98. The molecule has 0 radical (unpaired) electrons. The van der Waals surface area contributed by atoms with Crippen LogP contribution in [0.4, 0.5) is 0 Å². The van der Waals surface area contributed by atoms with Crippen LogP contribution in [0.1, 0.15) is 43.2 Å². The second-order valence-corrected chi connectivity index (χ2v) is 7.93. The van der Waals surface area contributed by atoms with Crippen molar-refractivity contribution in [3.63, 3.8) is 0 Å². The van der Waals surface area contributed by atoms with Gasteiger partial charge in [0, 0.05) is 12.6 Å². The Morgan fingerprint density at radius 1 is 1.00 bits per heavy atom. The summed E-state index contributed by atoms with van der Waals surface area (Å²) >= 11 is 0. The number of benzene rings is 2. The van der Waals surface area contributed by atoms with Crippen LogP contribution < -0.4 is 0 Å². The molecule has 0 amide bonds. The number of phenols is 1. The van der Waals surface area contributed by atoms with E-state index in [-0.39, 0.29) is 0 Å². The van der Waals surface area contributed by atoms with Crippen LogP contribution in [0.15, 0.2) is 54.6 Å². The molecule has 4 atom stereocenters. The Labute approximate surface area is 151 Å². The molecule has 132 valence electrons. The van der Waals surface area contributed by atoms with E-state index in [9.17, 15) is 5.11 Å². The van der Waals surface area contributed by atoms with Crippen molar-refractivity contribution in [1.82, 2.24) is 4.90 Å². The van der Waals surface area contributed by atoms with Gasteiger partial charge in [-0.15, -0.1) is 0 Å². The van der Waals surface area contributed by atoms with E-state index in [0.717, 1.165) is 24.3 Å². The van der Waals surface area contributed by atoms with Crippen molar-refractivity contribution in [2.75, 3.05) is 13.1 Å². The minimum Gasteiger partial charge on any atom is -0.508 e. The molecule has 1 aliphatic heterocycles. The molecular weight excluding hydrogens is 306 g/mol. The number of rotatable bonds is 4. The monoisotopic (exact) mass is 335 g/mol. The lowest BCUT2D eigenvalue weighted by molar-refractivity contribution is 0.00865. The number of hydrogen-bond donors (Lipinski definition) is 1. The van der Waals surface area contributed by atoms with Crippen LogP contribution in [-0.2, 0) is 6.42 Å². The molecule has 2 bridgehead atoms. The maximum Gasteiger partial charge on any atom is 0.115 e. The second kappa shape index (κ2) is 7.21. The number of hydrogen-bond acceptors (Lipinski definition) is 2. The predicted octanol–water partition coefficient (Wildman–Crippen LogP) is 4.84. The summed E-state index contributed by atoms with van der Waals surface area (Å²) in [6, 6.07) is 19.6. The molecular formula is C23H29NO. The van der Waals surface area contributed by atoms with Crippen LogP contribution in [0.25, 0.3) is 0 Å². The molecule has 2 nitrogen and oxygen atoms in total. The highest BCUT2D eigenvalue weighted by molar-refractivity contribution is 5.31. The smallest absolute Gasteiger partial charge is 0.115 e. The predicted molar refractivity (Wildman–Crippen MR) is 103 cm³/mol. The van der Waals surface area contributed by atoms with E-state index < -0.39 is 0 Å². The van der Waals surface area contributed by atoms with Crippen LogP contribution in [0.3, 0.4) is 0 Å². The third-order valence-corrected chi connectivity index (χ3v) is 6.62. The van der Waals surface area contributed by atoms with Crippen LogP contribution in [0, 0.1) is 11.8 Å². The Kier molecular flexibility index (Phi) is 4.80. The fourth-order valence-corrected chi connectivity index (χ4v) is 5.30. The van der Waals surface area contributed by atoms with E-state index in [1.54, 1.807) is 6.07 Å². The highest BCUT2D eigenvalue weighted by atomic mass is 16.3. The average Bonchev–Trinajstić information content (AvgIpc) is 2.62. The Balaban J connectivity index is 1.43. The van der Waals surface area contributed by atoms with Gasteiger partial charge in [-0.25, -0.2) is 0 Å². The molecule has 1 heterocycles. The summed E-state index contributed by atoms with van der Waals surface area (Å²) in [5, 5.41) is 9.85. The summed E-state index contributed by atoms with van der Waals surface area (Å²) in [5.74, 6) is 2.53. The molecule has 1 aliphatic carbocycles. The van der Waals surface area contributed by atoms with E-state index in [1.165, 1.54) is 43.5 Å². The molecule has 4 unspecified atom stereocenters. The standard InChI is InChI=1S/C23H29NO/c1-17-21-13-15-24(14-12-18-6-3-2-4-7-18)23(17)11-10-22(21)19-8-5-9-20(25)16-19/h2-9,16-17,21-23,25H,10-15H2,1H3. The van der Waals surface area contributed by atoms with Crippen molar-refractivity contribution in [1.29, 1.82) is 0 Å². The van der Waals surface area contributed by atoms with Gasteiger partial charge in [0.2, 0.25) is 0 Å². The van der Waals surface area contributed by atoms with Gasteiger partial charge in [0.15, 0.2) is 0 Å². The molecule has 2 aliphatic rings. The lowest BCUT2D eigenvalue weighted by Gasteiger charge is -2.51. The Hall–Kier alpha value is -1.80. The first-order valence-corrected chi connectivity index (χ1v) is 9.79. The topological polar surface area (TPSA) is 23.5 Å². The second-order valence-electron chi connectivity index (χ2n) is 7.93. The number of phenolic OH excluding ortho intramolecular Hbond substituents is 1. The van der Waals surface area contributed by atoms with Gasteiger partial charge in [0.05, 0.1) is 0 Å². The van der Waals surface area contributed by atoms with Crippen molar-refractivity contribution >= 4 is 0 Å². The molecule has 4 rings (SSSR count). The summed E-state index contributed by atoms with van der Waals surface area (Å²) in [6.45, 7) is 4.86. The molecule has 1 saturated carbocycles. The number of likely N-dealkylation sites (tertiary alicyclic amines) is 1. The minimum atomic E-state index is 0.410. The Morgan fingerprint density at radius 3 is 2.64 bits per heavy atom. The zero-order valence-electron chi connectivity index (χ0n) is 15.1. The highest BCUT2D eigenvalue weighted by Crippen LogP contribution is 2.47. The summed E-state index contributed by atoms with van der Waals surface area (Å²) in [5.41, 5.74) is 2.79. The lowest BCUT2D eigenvalue weighted by atomic mass is 9.64. The van der Waals surface area contributed by atoms with E-state index in [4.69, 9.17) is 0 Å². The highest BCUT2D eigenvalue weighted by Gasteiger charge is 2.42. The molecule has 0 aromatic heterocycles. The molecule has 0 spiro atoms. The first kappa shape index (κ1) is 16.7. The third-order valence-electron chi connectivity index (χ3n) is 6.62. The first-order chi connectivity index (χ1) is 12.2. The van der Waals surface area contributed by atoms with Gasteiger partial charge in [-0.3, -0.25) is 4.90 Å². The van der Waals surface area contributed by atoms with Crippen molar-refractivity contribution in [3.05, 3.63) is 65.7 Å². The molecule has 1 saturated heterocycles. The number of nitrogens with zero attached hydrogens (tertiary/aromatic N) is 1. The minimum absolute atomic E-state index is 0.410. The molecule has 2 aromatic carbocycles. The Bertz CT molecular complexity index is 698. The fraction of sp³-hybridized carbons (Fsp3) is 0.478. The maximum atomic E-state index is 9.85. The van der Waals surface area contributed by atoms with Crippen LogP contribution in [0.2, 0.25) is 0 Å². The lowest BCUT2D eigenvalue weighted by Crippen LogP contribution is -2.52. The van der Waals surface area contributed by atoms with Gasteiger partial charge in [-0.1, -0.05) is 49.4 Å². The van der Waals surface area contributed by atoms with Gasteiger partial charge >= 0.3 is 0 Å². The van der Waals surface area contributed by atoms with Gasteiger partial charge in [0.25, 0.3) is 0 Å². The Morgan fingerprint density at radius 2 is 1.84 bits per heavy atom. The SMILES string of the molecule is CC1C2CCN(CCc3ccccc3)C1CCC2c1cccc(O)c1. The fourth-order valence-electron chi connectivity index (χ4n) is 5.30. The quantitative estimate of drug-likeness (QED) is 0.864. The van der Waals surface area contributed by atoms with Crippen LogP contribution >= 0.6 is 0 Å². The zero-order valence-corrected chi connectivity index (χ0v) is 15.1. The first-order valence-electron chi connectivity index (χ1n) is 9.79. The molecule has 2 fully saturated rings. The molecule has 25 heavy (non-hydrogen) atoms. The third kappa shape index (κ3) is 3.46. The summed E-state index contributed by atoms with van der Waals surface area (Å²) < 4.78 is 0. The van der Waals surface area contributed by atoms with E-state index in [2.05, 4.69) is 48.2 Å². The number of piperidine rings is 1. The van der Waals surface area contributed by atoms with Crippen molar-refractivity contribution in [3.8, 4) is 5.75 Å². The van der Waals surface area contributed by atoms with E-state index >= 15 is 0 Å². The number of fused-ring (bicyclic) bond motifs is 2. The van der Waals surface area contributed by atoms with Crippen molar-refractivity contribution in [2.45, 2.75) is 44.6 Å². The van der Waals surface area contributed by atoms with Crippen molar-refractivity contribution < 1.29 is 5.11 Å². The number of aromatic hydroxyl groups is 1. The molecule has 2 heteroatoms. The normalized spacial score (nSPS) is 29.5. The summed E-state index contributed by atoms with van der Waals surface area (Å²) in [4.78, 5) is 2.74. The molecule has 2 aromatic rings. The van der Waals surface area contributed by atoms with Crippen LogP contribution in [-0.4, -0.2) is 29.1 Å². The van der Waals surface area contributed by atoms with Gasteiger partial charge in [0.1, 0.15) is 5.75 Å². The summed E-state index contributed by atoms with van der Waals surface area (Å²) in [7, 11) is 0. The van der Waals surface area contributed by atoms with E-state index in [0.29, 0.717) is 11.7 Å². The average molecular weight is 335 g/mol. The van der Waals surface area contributed by atoms with E-state index in [1.807, 2.05) is 12.1 Å².